The van der Waals surface area contributed by atoms with Gasteiger partial charge in [-0.05, 0) is 25.2 Å². The van der Waals surface area contributed by atoms with E-state index in [4.69, 9.17) is 4.52 Å². The van der Waals surface area contributed by atoms with E-state index in [0.29, 0.717) is 11.7 Å². The van der Waals surface area contributed by atoms with E-state index in [0.717, 1.165) is 41.1 Å². The zero-order valence-electron chi connectivity index (χ0n) is 13.2. The Kier molecular flexibility index (Phi) is 4.17. The molecular weight excluding hydrogens is 372 g/mol. The van der Waals surface area contributed by atoms with Gasteiger partial charge in [-0.25, -0.2) is 0 Å². The maximum atomic E-state index is 5.43. The van der Waals surface area contributed by atoms with Crippen molar-refractivity contribution in [2.45, 2.75) is 6.04 Å². The highest BCUT2D eigenvalue weighted by molar-refractivity contribution is 9.10. The second-order valence-electron chi connectivity index (χ2n) is 5.83. The van der Waals surface area contributed by atoms with Gasteiger partial charge >= 0.3 is 0 Å². The second kappa shape index (κ2) is 6.46. The molecule has 1 unspecified atom stereocenters. The summed E-state index contributed by atoms with van der Waals surface area (Å²) < 4.78 is 6.46. The summed E-state index contributed by atoms with van der Waals surface area (Å²) in [5, 5.41) is 14.8. The molecule has 1 aromatic carbocycles. The molecule has 1 fully saturated rings. The molecule has 2 aromatic heterocycles. The molecule has 1 aliphatic heterocycles. The highest BCUT2D eigenvalue weighted by Crippen LogP contribution is 2.26. The van der Waals surface area contributed by atoms with Gasteiger partial charge in [0, 0.05) is 29.7 Å². The lowest BCUT2D eigenvalue weighted by atomic mass is 10.1. The summed E-state index contributed by atoms with van der Waals surface area (Å²) >= 11 is 3.43. The van der Waals surface area contributed by atoms with Crippen LogP contribution in [0, 0.1) is 0 Å². The fourth-order valence-electron chi connectivity index (χ4n) is 2.77. The largest absolute Gasteiger partial charge is 0.332 e. The number of likely N-dealkylation sites (N-methyl/N-ethyl adjacent to an activating group) is 1. The molecule has 1 atom stereocenters. The highest BCUT2D eigenvalue weighted by atomic mass is 79.9. The maximum Gasteiger partial charge on any atom is 0.276 e. The minimum absolute atomic E-state index is 0.130. The number of benzene rings is 1. The molecule has 8 heteroatoms. The number of H-pyrrole nitrogens is 1. The van der Waals surface area contributed by atoms with Crippen molar-refractivity contribution in [3.63, 3.8) is 0 Å². The van der Waals surface area contributed by atoms with Gasteiger partial charge in [0.2, 0.25) is 0 Å². The summed E-state index contributed by atoms with van der Waals surface area (Å²) in [5.74, 6) is 1.15. The van der Waals surface area contributed by atoms with Crippen molar-refractivity contribution in [2.24, 2.45) is 0 Å². The van der Waals surface area contributed by atoms with Crippen LogP contribution in [0.25, 0.3) is 22.8 Å². The first kappa shape index (κ1) is 15.5. The molecule has 1 saturated heterocycles. The van der Waals surface area contributed by atoms with Gasteiger partial charge < -0.3 is 9.84 Å². The van der Waals surface area contributed by atoms with E-state index in [1.54, 1.807) is 0 Å². The molecule has 0 bridgehead atoms. The van der Waals surface area contributed by atoms with Crippen molar-refractivity contribution in [3.8, 4) is 22.8 Å². The molecule has 24 heavy (non-hydrogen) atoms. The standard InChI is InChI=1S/C16H17BrN6O/c1-23-7-6-18-9-14(23)15-19-16(24-22-15)13-8-12(20-21-13)10-2-4-11(17)5-3-10/h2-5,8,14,18H,6-7,9H2,1H3,(H,20,21). The third-order valence-electron chi connectivity index (χ3n) is 4.20. The van der Waals surface area contributed by atoms with Crippen LogP contribution >= 0.6 is 15.9 Å². The number of aromatic amines is 1. The molecule has 0 radical (unpaired) electrons. The topological polar surface area (TPSA) is 82.9 Å². The zero-order valence-corrected chi connectivity index (χ0v) is 14.7. The Labute approximate surface area is 147 Å². The Bertz CT molecular complexity index is 827. The van der Waals surface area contributed by atoms with Gasteiger partial charge in [0.15, 0.2) is 5.82 Å². The van der Waals surface area contributed by atoms with Crippen LogP contribution in [0.3, 0.4) is 0 Å². The van der Waals surface area contributed by atoms with Gasteiger partial charge in [-0.2, -0.15) is 10.1 Å². The van der Waals surface area contributed by atoms with Crippen molar-refractivity contribution >= 4 is 15.9 Å². The summed E-state index contributed by atoms with van der Waals surface area (Å²) in [7, 11) is 2.07. The average Bonchev–Trinajstić information content (AvgIpc) is 3.25. The molecule has 124 valence electrons. The number of nitrogens with zero attached hydrogens (tertiary/aromatic N) is 4. The molecule has 1 aliphatic rings. The van der Waals surface area contributed by atoms with E-state index < -0.39 is 0 Å². The maximum absolute atomic E-state index is 5.43. The van der Waals surface area contributed by atoms with Gasteiger partial charge in [0.05, 0.1) is 11.7 Å². The van der Waals surface area contributed by atoms with Crippen LogP contribution in [0.2, 0.25) is 0 Å². The molecular formula is C16H17BrN6O. The van der Waals surface area contributed by atoms with E-state index in [1.165, 1.54) is 0 Å². The minimum Gasteiger partial charge on any atom is -0.332 e. The summed E-state index contributed by atoms with van der Waals surface area (Å²) in [6.07, 6.45) is 0. The first-order valence-electron chi connectivity index (χ1n) is 7.77. The van der Waals surface area contributed by atoms with Gasteiger partial charge in [-0.15, -0.1) is 0 Å². The third-order valence-corrected chi connectivity index (χ3v) is 4.73. The fourth-order valence-corrected chi connectivity index (χ4v) is 3.04. The number of nitrogens with one attached hydrogen (secondary N) is 2. The van der Waals surface area contributed by atoms with Gasteiger partial charge in [-0.1, -0.05) is 33.2 Å². The summed E-state index contributed by atoms with van der Waals surface area (Å²) in [5.41, 5.74) is 2.59. The number of aromatic nitrogens is 4. The zero-order chi connectivity index (χ0) is 16.5. The van der Waals surface area contributed by atoms with E-state index in [-0.39, 0.29) is 6.04 Å². The predicted molar refractivity (Wildman–Crippen MR) is 93.3 cm³/mol. The number of halogens is 1. The van der Waals surface area contributed by atoms with Crippen LogP contribution in [0.15, 0.2) is 39.3 Å². The molecule has 2 N–H and O–H groups in total. The second-order valence-corrected chi connectivity index (χ2v) is 6.75. The number of hydrogen-bond acceptors (Lipinski definition) is 6. The molecule has 0 amide bonds. The summed E-state index contributed by atoms with van der Waals surface area (Å²) in [6.45, 7) is 2.77. The van der Waals surface area contributed by atoms with Crippen LogP contribution in [-0.2, 0) is 0 Å². The van der Waals surface area contributed by atoms with Crippen molar-refractivity contribution in [3.05, 3.63) is 40.6 Å². The number of hydrogen-bond donors (Lipinski definition) is 2. The number of rotatable bonds is 3. The van der Waals surface area contributed by atoms with Gasteiger partial charge in [0.1, 0.15) is 5.69 Å². The molecule has 3 aromatic rings. The van der Waals surface area contributed by atoms with E-state index in [1.807, 2.05) is 30.3 Å². The number of piperazine rings is 1. The van der Waals surface area contributed by atoms with Gasteiger partial charge in [-0.3, -0.25) is 10.00 Å². The minimum atomic E-state index is 0.130. The van der Waals surface area contributed by atoms with E-state index in [9.17, 15) is 0 Å². The van der Waals surface area contributed by atoms with Gasteiger partial charge in [0.25, 0.3) is 5.89 Å². The Balaban J connectivity index is 1.58. The van der Waals surface area contributed by atoms with Crippen LogP contribution in [-0.4, -0.2) is 51.9 Å². The quantitative estimate of drug-likeness (QED) is 0.716. The van der Waals surface area contributed by atoms with E-state index >= 15 is 0 Å². The Morgan fingerprint density at radius 3 is 2.92 bits per heavy atom. The normalized spacial score (nSPS) is 18.8. The molecule has 3 heterocycles. The monoisotopic (exact) mass is 388 g/mol. The first-order chi connectivity index (χ1) is 11.7. The van der Waals surface area contributed by atoms with Crippen LogP contribution < -0.4 is 5.32 Å². The molecule has 7 nitrogen and oxygen atoms in total. The smallest absolute Gasteiger partial charge is 0.276 e. The first-order valence-corrected chi connectivity index (χ1v) is 8.56. The summed E-state index contributed by atoms with van der Waals surface area (Å²) in [4.78, 5) is 6.77. The van der Waals surface area contributed by atoms with Crippen molar-refractivity contribution in [1.29, 1.82) is 0 Å². The molecule has 0 saturated carbocycles. The van der Waals surface area contributed by atoms with E-state index in [2.05, 4.69) is 53.5 Å². The Morgan fingerprint density at radius 1 is 1.29 bits per heavy atom. The predicted octanol–water partition coefficient (Wildman–Crippen LogP) is 2.47. The molecule has 0 aliphatic carbocycles. The third kappa shape index (κ3) is 3.00. The van der Waals surface area contributed by atoms with Crippen LogP contribution in [0.5, 0.6) is 0 Å². The van der Waals surface area contributed by atoms with Crippen LogP contribution in [0.1, 0.15) is 11.9 Å². The van der Waals surface area contributed by atoms with Crippen molar-refractivity contribution in [1.82, 2.24) is 30.6 Å². The fraction of sp³-hybridized carbons (Fsp3) is 0.312. The van der Waals surface area contributed by atoms with Crippen molar-refractivity contribution in [2.75, 3.05) is 26.7 Å². The summed E-state index contributed by atoms with van der Waals surface area (Å²) in [6, 6.07) is 10.0. The lowest BCUT2D eigenvalue weighted by Gasteiger charge is -2.30. The lowest BCUT2D eigenvalue weighted by Crippen LogP contribution is -2.44. The molecule has 0 spiro atoms. The lowest BCUT2D eigenvalue weighted by molar-refractivity contribution is 0.190. The Hall–Kier alpha value is -2.03. The van der Waals surface area contributed by atoms with Crippen LogP contribution in [0.4, 0.5) is 0 Å². The SMILES string of the molecule is CN1CCNCC1c1noc(-c2cc(-c3ccc(Br)cc3)n[nH]2)n1. The Morgan fingerprint density at radius 2 is 2.12 bits per heavy atom. The highest BCUT2D eigenvalue weighted by Gasteiger charge is 2.25. The average molecular weight is 389 g/mol. The van der Waals surface area contributed by atoms with Crippen molar-refractivity contribution < 1.29 is 4.52 Å². The molecule has 4 rings (SSSR count).